The van der Waals surface area contributed by atoms with Crippen LogP contribution in [0.3, 0.4) is 0 Å². The van der Waals surface area contributed by atoms with Crippen molar-refractivity contribution in [1.82, 2.24) is 10.6 Å². The summed E-state index contributed by atoms with van der Waals surface area (Å²) in [7, 11) is -3.65. The van der Waals surface area contributed by atoms with Crippen molar-refractivity contribution in [3.8, 4) is 0 Å². The summed E-state index contributed by atoms with van der Waals surface area (Å²) in [6.07, 6.45) is 3.75. The van der Waals surface area contributed by atoms with Crippen LogP contribution in [0.15, 0.2) is 29.2 Å². The van der Waals surface area contributed by atoms with E-state index in [0.29, 0.717) is 13.0 Å². The highest BCUT2D eigenvalue weighted by Gasteiger charge is 2.19. The highest BCUT2D eigenvalue weighted by Crippen LogP contribution is 2.09. The number of hydrogen-bond acceptors (Lipinski definition) is 4. The van der Waals surface area contributed by atoms with Gasteiger partial charge in [-0.25, -0.2) is 13.6 Å². The summed E-state index contributed by atoms with van der Waals surface area (Å²) >= 11 is 0. The Balaban J connectivity index is 0.00000242. The number of carbonyl (C=O) groups is 1. The minimum atomic E-state index is -3.65. The lowest BCUT2D eigenvalue weighted by Gasteiger charge is -2.22. The van der Waals surface area contributed by atoms with Crippen LogP contribution in [-0.2, 0) is 21.2 Å². The van der Waals surface area contributed by atoms with Gasteiger partial charge in [0.25, 0.3) is 0 Å². The lowest BCUT2D eigenvalue weighted by Crippen LogP contribution is -2.47. The van der Waals surface area contributed by atoms with E-state index >= 15 is 0 Å². The summed E-state index contributed by atoms with van der Waals surface area (Å²) in [5.74, 6) is 0.0378. The number of nitrogens with two attached hydrogens (primary N) is 1. The highest BCUT2D eigenvalue weighted by atomic mass is 35.5. The Morgan fingerprint density at radius 3 is 2.50 bits per heavy atom. The lowest BCUT2D eigenvalue weighted by atomic mass is 10.0. The van der Waals surface area contributed by atoms with Crippen molar-refractivity contribution in [3.05, 3.63) is 29.8 Å². The van der Waals surface area contributed by atoms with Gasteiger partial charge in [0.2, 0.25) is 15.9 Å². The minimum absolute atomic E-state index is 0. The average molecular weight is 348 g/mol. The van der Waals surface area contributed by atoms with Gasteiger partial charge in [-0.2, -0.15) is 0 Å². The fraction of sp³-hybridized carbons (Fsp3) is 0.500. The quantitative estimate of drug-likeness (QED) is 0.724. The van der Waals surface area contributed by atoms with Gasteiger partial charge in [0.1, 0.15) is 0 Å². The number of nitrogens with one attached hydrogen (secondary N) is 2. The van der Waals surface area contributed by atoms with Crippen molar-refractivity contribution in [2.75, 3.05) is 13.1 Å². The minimum Gasteiger partial charge on any atom is -0.354 e. The van der Waals surface area contributed by atoms with Crippen molar-refractivity contribution < 1.29 is 13.2 Å². The summed E-state index contributed by atoms with van der Waals surface area (Å²) in [5.41, 5.74) is 0.958. The molecule has 2 rings (SSSR count). The van der Waals surface area contributed by atoms with Gasteiger partial charge in [-0.05, 0) is 43.5 Å². The summed E-state index contributed by atoms with van der Waals surface area (Å²) in [6.45, 7) is 1.43. The lowest BCUT2D eigenvalue weighted by molar-refractivity contribution is -0.123. The predicted molar refractivity (Wildman–Crippen MR) is 87.4 cm³/mol. The van der Waals surface area contributed by atoms with Crippen LogP contribution in [0.1, 0.15) is 24.8 Å². The van der Waals surface area contributed by atoms with Crippen LogP contribution in [0.5, 0.6) is 0 Å². The molecule has 1 saturated heterocycles. The molecule has 0 aliphatic carbocycles. The molecule has 0 spiro atoms. The largest absolute Gasteiger partial charge is 0.354 e. The highest BCUT2D eigenvalue weighted by molar-refractivity contribution is 7.89. The molecule has 1 atom stereocenters. The van der Waals surface area contributed by atoms with E-state index in [1.54, 1.807) is 12.1 Å². The standard InChI is InChI=1S/C14H21N3O3S.ClH/c15-21(19,20)12-6-4-11(5-7-12)8-10-17-14(18)13-3-1-2-9-16-13;/h4-7,13,16H,1-3,8-10H2,(H,17,18)(H2,15,19,20);1H. The molecule has 6 nitrogen and oxygen atoms in total. The van der Waals surface area contributed by atoms with Crippen LogP contribution in [0, 0.1) is 0 Å². The third-order valence-electron chi connectivity index (χ3n) is 3.59. The second-order valence-corrected chi connectivity index (χ2v) is 6.79. The maximum absolute atomic E-state index is 11.9. The molecule has 22 heavy (non-hydrogen) atoms. The maximum Gasteiger partial charge on any atom is 0.238 e. The van der Waals surface area contributed by atoms with Crippen LogP contribution < -0.4 is 15.8 Å². The van der Waals surface area contributed by atoms with E-state index in [4.69, 9.17) is 5.14 Å². The summed E-state index contributed by atoms with van der Waals surface area (Å²) in [5, 5.41) is 11.1. The first-order valence-electron chi connectivity index (χ1n) is 7.09. The Morgan fingerprint density at radius 1 is 1.27 bits per heavy atom. The smallest absolute Gasteiger partial charge is 0.238 e. The van der Waals surface area contributed by atoms with Crippen LogP contribution in [0.25, 0.3) is 0 Å². The molecule has 1 aromatic rings. The number of piperidine rings is 1. The molecule has 0 bridgehead atoms. The van der Waals surface area contributed by atoms with Gasteiger partial charge in [0.05, 0.1) is 10.9 Å². The van der Waals surface area contributed by atoms with E-state index in [1.807, 2.05) is 0 Å². The van der Waals surface area contributed by atoms with Crippen molar-refractivity contribution in [1.29, 1.82) is 0 Å². The van der Waals surface area contributed by atoms with Gasteiger partial charge in [-0.15, -0.1) is 12.4 Å². The maximum atomic E-state index is 11.9. The van der Waals surface area contributed by atoms with E-state index in [2.05, 4.69) is 10.6 Å². The number of benzene rings is 1. The first-order chi connectivity index (χ1) is 9.97. The van der Waals surface area contributed by atoms with Crippen LogP contribution in [0.2, 0.25) is 0 Å². The first kappa shape index (κ1) is 18.9. The molecule has 1 aromatic carbocycles. The molecule has 0 aromatic heterocycles. The van der Waals surface area contributed by atoms with Gasteiger partial charge < -0.3 is 10.6 Å². The number of hydrogen-bond donors (Lipinski definition) is 3. The third kappa shape index (κ3) is 5.57. The SMILES string of the molecule is Cl.NS(=O)(=O)c1ccc(CCNC(=O)C2CCCCN2)cc1. The molecule has 8 heteroatoms. The van der Waals surface area contributed by atoms with E-state index in [9.17, 15) is 13.2 Å². The Kier molecular flexibility index (Phi) is 7.28. The van der Waals surface area contributed by atoms with E-state index in [0.717, 1.165) is 31.4 Å². The fourth-order valence-electron chi connectivity index (χ4n) is 2.37. The number of carbonyl (C=O) groups excluding carboxylic acids is 1. The van der Waals surface area contributed by atoms with Gasteiger partial charge >= 0.3 is 0 Å². The molecule has 0 saturated carbocycles. The molecule has 1 unspecified atom stereocenters. The fourth-order valence-corrected chi connectivity index (χ4v) is 2.89. The Labute approximate surface area is 137 Å². The molecule has 1 amide bonds. The second kappa shape index (κ2) is 8.47. The third-order valence-corrected chi connectivity index (χ3v) is 4.52. The number of sulfonamides is 1. The predicted octanol–water partition coefficient (Wildman–Crippen LogP) is 0.557. The van der Waals surface area contributed by atoms with Gasteiger partial charge in [0.15, 0.2) is 0 Å². The van der Waals surface area contributed by atoms with Crippen LogP contribution in [-0.4, -0.2) is 33.5 Å². The van der Waals surface area contributed by atoms with Gasteiger partial charge in [-0.3, -0.25) is 4.79 Å². The van der Waals surface area contributed by atoms with E-state index < -0.39 is 10.0 Å². The molecular weight excluding hydrogens is 326 g/mol. The molecule has 0 radical (unpaired) electrons. The van der Waals surface area contributed by atoms with Crippen LogP contribution >= 0.6 is 12.4 Å². The molecule has 124 valence electrons. The normalized spacial score (nSPS) is 18.3. The van der Waals surface area contributed by atoms with Crippen molar-refractivity contribution in [3.63, 3.8) is 0 Å². The van der Waals surface area contributed by atoms with Crippen molar-refractivity contribution in [2.24, 2.45) is 5.14 Å². The summed E-state index contributed by atoms with van der Waals surface area (Å²) in [4.78, 5) is 12.0. The Morgan fingerprint density at radius 2 is 1.95 bits per heavy atom. The van der Waals surface area contributed by atoms with E-state index in [-0.39, 0.29) is 29.3 Å². The average Bonchev–Trinajstić information content (AvgIpc) is 2.47. The van der Waals surface area contributed by atoms with E-state index in [1.165, 1.54) is 12.1 Å². The molecule has 4 N–H and O–H groups in total. The number of amides is 1. The zero-order valence-electron chi connectivity index (χ0n) is 12.2. The monoisotopic (exact) mass is 347 g/mol. The summed E-state index contributed by atoms with van der Waals surface area (Å²) in [6, 6.07) is 6.31. The number of halogens is 1. The Hall–Kier alpha value is -1.15. The van der Waals surface area contributed by atoms with Crippen molar-refractivity contribution in [2.45, 2.75) is 36.6 Å². The first-order valence-corrected chi connectivity index (χ1v) is 8.64. The summed E-state index contributed by atoms with van der Waals surface area (Å²) < 4.78 is 22.3. The molecule has 1 aliphatic rings. The number of primary sulfonamides is 1. The number of rotatable bonds is 5. The van der Waals surface area contributed by atoms with Crippen LogP contribution in [0.4, 0.5) is 0 Å². The molecular formula is C14H22ClN3O3S. The molecule has 1 aliphatic heterocycles. The topological polar surface area (TPSA) is 101 Å². The molecule has 1 fully saturated rings. The Bertz CT molecular complexity index is 584. The van der Waals surface area contributed by atoms with Gasteiger partial charge in [0, 0.05) is 6.54 Å². The zero-order chi connectivity index (χ0) is 15.3. The zero-order valence-corrected chi connectivity index (χ0v) is 13.9. The van der Waals surface area contributed by atoms with Gasteiger partial charge in [-0.1, -0.05) is 18.6 Å². The second-order valence-electron chi connectivity index (χ2n) is 5.23. The van der Waals surface area contributed by atoms with Crippen molar-refractivity contribution >= 4 is 28.3 Å². The molecule has 1 heterocycles.